The Morgan fingerprint density at radius 3 is 3.05 bits per heavy atom. The zero-order valence-electron chi connectivity index (χ0n) is 10.9. The molecule has 1 N–H and O–H groups in total. The van der Waals surface area contributed by atoms with Gasteiger partial charge in [0, 0.05) is 25.1 Å². The van der Waals surface area contributed by atoms with E-state index in [1.165, 1.54) is 12.1 Å². The van der Waals surface area contributed by atoms with E-state index in [0.717, 1.165) is 17.9 Å². The molecular weight excluding hydrogens is 249 g/mol. The average Bonchev–Trinajstić information content (AvgIpc) is 2.75. The molecule has 4 nitrogen and oxygen atoms in total. The van der Waals surface area contributed by atoms with Gasteiger partial charge in [0.2, 0.25) is 0 Å². The lowest BCUT2D eigenvalue weighted by Gasteiger charge is -2.23. The maximum absolute atomic E-state index is 13.1. The number of carboxylic acid groups (broad SMARTS) is 1. The number of benzene rings is 1. The zero-order chi connectivity index (χ0) is 13.8. The fourth-order valence-corrected chi connectivity index (χ4v) is 2.31. The zero-order valence-corrected chi connectivity index (χ0v) is 10.9. The van der Waals surface area contributed by atoms with E-state index in [4.69, 9.17) is 9.84 Å². The molecule has 1 aliphatic rings. The first-order valence-corrected chi connectivity index (χ1v) is 6.47. The van der Waals surface area contributed by atoms with Crippen molar-refractivity contribution in [1.29, 1.82) is 0 Å². The minimum atomic E-state index is -0.795. The van der Waals surface area contributed by atoms with Gasteiger partial charge in [-0.2, -0.15) is 0 Å². The molecule has 0 bridgehead atoms. The maximum Gasteiger partial charge on any atom is 0.304 e. The van der Waals surface area contributed by atoms with Crippen LogP contribution in [0.15, 0.2) is 18.2 Å². The standard InChI is InChI=1S/C14H18FNO3/c1-2-16(6-5-14(17)18)9-12-8-10-7-11(15)3-4-13(10)19-12/h3-4,7,12H,2,5-6,8-9H2,1H3,(H,17,18). The lowest BCUT2D eigenvalue weighted by Crippen LogP contribution is -2.36. The van der Waals surface area contributed by atoms with Gasteiger partial charge in [-0.15, -0.1) is 0 Å². The highest BCUT2D eigenvalue weighted by atomic mass is 19.1. The van der Waals surface area contributed by atoms with Crippen LogP contribution in [0.2, 0.25) is 0 Å². The molecule has 1 aliphatic heterocycles. The van der Waals surface area contributed by atoms with Gasteiger partial charge in [-0.05, 0) is 24.7 Å². The molecule has 0 saturated carbocycles. The summed E-state index contributed by atoms with van der Waals surface area (Å²) >= 11 is 0. The van der Waals surface area contributed by atoms with Gasteiger partial charge >= 0.3 is 5.97 Å². The van der Waals surface area contributed by atoms with Crippen LogP contribution in [0.5, 0.6) is 5.75 Å². The monoisotopic (exact) mass is 267 g/mol. The molecule has 1 heterocycles. The van der Waals surface area contributed by atoms with Crippen LogP contribution in [0.1, 0.15) is 18.9 Å². The molecule has 1 unspecified atom stereocenters. The van der Waals surface area contributed by atoms with Gasteiger partial charge in [-0.1, -0.05) is 6.92 Å². The second kappa shape index (κ2) is 6.02. The fraction of sp³-hybridized carbons (Fsp3) is 0.500. The molecule has 104 valence electrons. The highest BCUT2D eigenvalue weighted by molar-refractivity contribution is 5.66. The number of carbonyl (C=O) groups is 1. The third kappa shape index (κ3) is 3.67. The second-order valence-corrected chi connectivity index (χ2v) is 4.73. The fourth-order valence-electron chi connectivity index (χ4n) is 2.31. The predicted molar refractivity (Wildman–Crippen MR) is 68.9 cm³/mol. The molecule has 0 saturated heterocycles. The van der Waals surface area contributed by atoms with Crippen LogP contribution in [0.4, 0.5) is 4.39 Å². The van der Waals surface area contributed by atoms with Crippen molar-refractivity contribution in [3.8, 4) is 5.75 Å². The smallest absolute Gasteiger partial charge is 0.304 e. The minimum Gasteiger partial charge on any atom is -0.488 e. The molecule has 2 rings (SSSR count). The van der Waals surface area contributed by atoms with E-state index in [0.29, 0.717) is 19.5 Å². The molecule has 0 fully saturated rings. The summed E-state index contributed by atoms with van der Waals surface area (Å²) in [5.41, 5.74) is 0.888. The van der Waals surface area contributed by atoms with Crippen molar-refractivity contribution in [1.82, 2.24) is 4.90 Å². The van der Waals surface area contributed by atoms with Crippen molar-refractivity contribution in [2.24, 2.45) is 0 Å². The Kier molecular flexibility index (Phi) is 4.37. The van der Waals surface area contributed by atoms with Gasteiger partial charge in [0.05, 0.1) is 6.42 Å². The van der Waals surface area contributed by atoms with Crippen molar-refractivity contribution >= 4 is 5.97 Å². The van der Waals surface area contributed by atoms with E-state index in [1.807, 2.05) is 11.8 Å². The number of hydrogen-bond donors (Lipinski definition) is 1. The molecular formula is C14H18FNO3. The average molecular weight is 267 g/mol. The number of likely N-dealkylation sites (N-methyl/N-ethyl adjacent to an activating group) is 1. The number of ether oxygens (including phenoxy) is 1. The summed E-state index contributed by atoms with van der Waals surface area (Å²) in [4.78, 5) is 12.6. The highest BCUT2D eigenvalue weighted by Crippen LogP contribution is 2.29. The van der Waals surface area contributed by atoms with E-state index in [1.54, 1.807) is 6.07 Å². The lowest BCUT2D eigenvalue weighted by atomic mass is 10.1. The Bertz CT molecular complexity index is 464. The number of nitrogens with zero attached hydrogens (tertiary/aromatic N) is 1. The van der Waals surface area contributed by atoms with Gasteiger partial charge < -0.3 is 9.84 Å². The molecule has 5 heteroatoms. The summed E-state index contributed by atoms with van der Waals surface area (Å²) in [7, 11) is 0. The van der Waals surface area contributed by atoms with Crippen molar-refractivity contribution < 1.29 is 19.0 Å². The van der Waals surface area contributed by atoms with E-state index >= 15 is 0 Å². The van der Waals surface area contributed by atoms with Gasteiger partial charge in [0.25, 0.3) is 0 Å². The summed E-state index contributed by atoms with van der Waals surface area (Å²) < 4.78 is 18.8. The number of hydrogen-bond acceptors (Lipinski definition) is 3. The first-order valence-electron chi connectivity index (χ1n) is 6.47. The van der Waals surface area contributed by atoms with Gasteiger partial charge in [-0.3, -0.25) is 9.69 Å². The minimum absolute atomic E-state index is 0.0226. The summed E-state index contributed by atoms with van der Waals surface area (Å²) in [5, 5.41) is 8.69. The highest BCUT2D eigenvalue weighted by Gasteiger charge is 2.25. The third-order valence-electron chi connectivity index (χ3n) is 3.31. The summed E-state index contributed by atoms with van der Waals surface area (Å²) in [6, 6.07) is 4.55. The van der Waals surface area contributed by atoms with Crippen LogP contribution in [-0.2, 0) is 11.2 Å². The first kappa shape index (κ1) is 13.8. The van der Waals surface area contributed by atoms with Crippen LogP contribution in [0.25, 0.3) is 0 Å². The van der Waals surface area contributed by atoms with E-state index < -0.39 is 5.97 Å². The maximum atomic E-state index is 13.1. The lowest BCUT2D eigenvalue weighted by molar-refractivity contribution is -0.137. The number of rotatable bonds is 6. The van der Waals surface area contributed by atoms with Crippen molar-refractivity contribution in [2.45, 2.75) is 25.9 Å². The largest absolute Gasteiger partial charge is 0.488 e. The van der Waals surface area contributed by atoms with Crippen LogP contribution in [-0.4, -0.2) is 41.7 Å². The van der Waals surface area contributed by atoms with Crippen LogP contribution >= 0.6 is 0 Å². The Morgan fingerprint density at radius 2 is 2.37 bits per heavy atom. The van der Waals surface area contributed by atoms with Crippen molar-refractivity contribution in [2.75, 3.05) is 19.6 Å². The molecule has 19 heavy (non-hydrogen) atoms. The second-order valence-electron chi connectivity index (χ2n) is 4.73. The van der Waals surface area contributed by atoms with Gasteiger partial charge in [0.15, 0.2) is 0 Å². The van der Waals surface area contributed by atoms with E-state index in [9.17, 15) is 9.18 Å². The number of carboxylic acids is 1. The van der Waals surface area contributed by atoms with Crippen LogP contribution < -0.4 is 4.74 Å². The van der Waals surface area contributed by atoms with E-state index in [-0.39, 0.29) is 18.3 Å². The summed E-state index contributed by atoms with van der Waals surface area (Å²) in [6.07, 6.45) is 0.782. The Morgan fingerprint density at radius 1 is 1.58 bits per heavy atom. The van der Waals surface area contributed by atoms with Gasteiger partial charge in [0.1, 0.15) is 17.7 Å². The molecule has 1 aromatic carbocycles. The third-order valence-corrected chi connectivity index (χ3v) is 3.31. The van der Waals surface area contributed by atoms with Gasteiger partial charge in [-0.25, -0.2) is 4.39 Å². The molecule has 1 aromatic rings. The number of halogens is 1. The molecule has 0 aromatic heterocycles. The summed E-state index contributed by atoms with van der Waals surface area (Å²) in [6.45, 7) is 3.94. The molecule has 0 radical (unpaired) electrons. The first-order chi connectivity index (χ1) is 9.08. The van der Waals surface area contributed by atoms with Crippen molar-refractivity contribution in [3.63, 3.8) is 0 Å². The SMILES string of the molecule is CCN(CCC(=O)O)CC1Cc2cc(F)ccc2O1. The van der Waals surface area contributed by atoms with Crippen LogP contribution in [0.3, 0.4) is 0 Å². The van der Waals surface area contributed by atoms with Crippen molar-refractivity contribution in [3.05, 3.63) is 29.6 Å². The molecule has 0 spiro atoms. The quantitative estimate of drug-likeness (QED) is 0.855. The molecule has 0 aliphatic carbocycles. The molecule has 1 atom stereocenters. The Labute approximate surface area is 111 Å². The Balaban J connectivity index is 1.89. The summed E-state index contributed by atoms with van der Waals surface area (Å²) in [5.74, 6) is -0.307. The predicted octanol–water partition coefficient (Wildman–Crippen LogP) is 1.93. The molecule has 0 amide bonds. The van der Waals surface area contributed by atoms with Crippen LogP contribution in [0, 0.1) is 5.82 Å². The Hall–Kier alpha value is -1.62. The number of aliphatic carboxylic acids is 1. The van der Waals surface area contributed by atoms with E-state index in [2.05, 4.69) is 0 Å². The number of fused-ring (bicyclic) bond motifs is 1. The topological polar surface area (TPSA) is 49.8 Å². The normalized spacial score (nSPS) is 17.3.